The van der Waals surface area contributed by atoms with Crippen LogP contribution in [0.5, 0.6) is 0 Å². The Morgan fingerprint density at radius 1 is 1.09 bits per heavy atom. The second-order valence-electron chi connectivity index (χ2n) is 5.23. The van der Waals surface area contributed by atoms with Crippen molar-refractivity contribution in [3.8, 4) is 0 Å². The van der Waals surface area contributed by atoms with Gasteiger partial charge in [0.2, 0.25) is 0 Å². The van der Waals surface area contributed by atoms with Gasteiger partial charge >= 0.3 is 18.3 Å². The summed E-state index contributed by atoms with van der Waals surface area (Å²) in [4.78, 5) is 12.2. The SMILES string of the molecule is CC(=O)O[C@H]1CCN(c2cc(C(F)(F)F)cc(C(F)(F)F)c2)C1. The van der Waals surface area contributed by atoms with Gasteiger partial charge in [-0.2, -0.15) is 26.3 Å². The Bertz CT molecular complexity index is 564. The minimum absolute atomic E-state index is 0.0538. The summed E-state index contributed by atoms with van der Waals surface area (Å²) in [6.45, 7) is 1.45. The lowest BCUT2D eigenvalue weighted by Gasteiger charge is -2.22. The van der Waals surface area contributed by atoms with Gasteiger partial charge in [-0.15, -0.1) is 0 Å². The van der Waals surface area contributed by atoms with Crippen molar-refractivity contribution in [3.05, 3.63) is 29.3 Å². The van der Waals surface area contributed by atoms with E-state index >= 15 is 0 Å². The number of hydrogen-bond acceptors (Lipinski definition) is 3. The highest BCUT2D eigenvalue weighted by molar-refractivity contribution is 5.66. The first-order chi connectivity index (χ1) is 10.5. The van der Waals surface area contributed by atoms with Gasteiger partial charge in [-0.3, -0.25) is 4.79 Å². The van der Waals surface area contributed by atoms with Gasteiger partial charge < -0.3 is 9.64 Å². The van der Waals surface area contributed by atoms with Gasteiger partial charge in [0.1, 0.15) is 6.10 Å². The van der Waals surface area contributed by atoms with E-state index in [9.17, 15) is 31.1 Å². The molecule has 0 aliphatic carbocycles. The molecule has 0 saturated carbocycles. The molecule has 128 valence electrons. The summed E-state index contributed by atoms with van der Waals surface area (Å²) in [5.41, 5.74) is -2.92. The van der Waals surface area contributed by atoms with Crippen LogP contribution < -0.4 is 4.90 Å². The van der Waals surface area contributed by atoms with Crippen LogP contribution in [0.4, 0.5) is 32.0 Å². The van der Waals surface area contributed by atoms with E-state index in [-0.39, 0.29) is 24.8 Å². The third-order valence-corrected chi connectivity index (χ3v) is 3.42. The molecule has 23 heavy (non-hydrogen) atoms. The largest absolute Gasteiger partial charge is 0.461 e. The molecule has 1 heterocycles. The molecule has 9 heteroatoms. The summed E-state index contributed by atoms with van der Waals surface area (Å²) in [6.07, 6.45) is -9.97. The van der Waals surface area contributed by atoms with E-state index in [2.05, 4.69) is 0 Å². The molecule has 2 rings (SSSR count). The van der Waals surface area contributed by atoms with Crippen LogP contribution >= 0.6 is 0 Å². The number of halogens is 6. The molecule has 1 aliphatic heterocycles. The lowest BCUT2D eigenvalue weighted by molar-refractivity contribution is -0.145. The summed E-state index contributed by atoms with van der Waals surface area (Å²) in [5, 5.41) is 0. The number of rotatable bonds is 2. The smallest absolute Gasteiger partial charge is 0.416 e. The molecule has 0 radical (unpaired) electrons. The van der Waals surface area contributed by atoms with Crippen molar-refractivity contribution in [1.29, 1.82) is 0 Å². The zero-order chi connectivity index (χ0) is 17.4. The summed E-state index contributed by atoms with van der Waals surface area (Å²) in [5.74, 6) is -0.545. The van der Waals surface area contributed by atoms with Crippen LogP contribution in [0.25, 0.3) is 0 Å². The highest BCUT2D eigenvalue weighted by atomic mass is 19.4. The van der Waals surface area contributed by atoms with E-state index in [4.69, 9.17) is 4.74 Å². The van der Waals surface area contributed by atoms with Crippen molar-refractivity contribution in [2.45, 2.75) is 31.8 Å². The summed E-state index contributed by atoms with van der Waals surface area (Å²) in [6, 6.07) is 1.43. The standard InChI is InChI=1S/C14H13F6NO2/c1-8(22)23-12-2-3-21(7-12)11-5-9(13(15,16)17)4-10(6-11)14(18,19)20/h4-6,12H,2-3,7H2,1H3/t12-/m0/s1. The van der Waals surface area contributed by atoms with Gasteiger partial charge in [0.25, 0.3) is 0 Å². The Balaban J connectivity index is 2.33. The molecule has 0 aromatic heterocycles. The molecule has 1 aromatic rings. The Morgan fingerprint density at radius 3 is 2.04 bits per heavy atom. The Morgan fingerprint density at radius 2 is 1.61 bits per heavy atom. The van der Waals surface area contributed by atoms with E-state index in [1.54, 1.807) is 0 Å². The number of anilines is 1. The number of ether oxygens (including phenoxy) is 1. The number of alkyl halides is 6. The zero-order valence-electron chi connectivity index (χ0n) is 12.0. The average molecular weight is 341 g/mol. The summed E-state index contributed by atoms with van der Waals surface area (Å²) in [7, 11) is 0. The Hall–Kier alpha value is -1.93. The molecule has 1 saturated heterocycles. The van der Waals surface area contributed by atoms with Crippen molar-refractivity contribution in [1.82, 2.24) is 0 Å². The van der Waals surface area contributed by atoms with Gasteiger partial charge in [0.05, 0.1) is 17.7 Å². The fourth-order valence-electron chi connectivity index (χ4n) is 2.41. The molecule has 3 nitrogen and oxygen atoms in total. The Labute approximate surface area is 127 Å². The number of carbonyl (C=O) groups excluding carboxylic acids is 1. The third kappa shape index (κ3) is 4.29. The minimum Gasteiger partial charge on any atom is -0.461 e. The van der Waals surface area contributed by atoms with E-state index in [0.717, 1.165) is 0 Å². The van der Waals surface area contributed by atoms with Crippen LogP contribution in [0.1, 0.15) is 24.5 Å². The van der Waals surface area contributed by atoms with Crippen molar-refractivity contribution >= 4 is 11.7 Å². The van der Waals surface area contributed by atoms with Crippen LogP contribution in [0.2, 0.25) is 0 Å². The molecule has 1 aromatic carbocycles. The zero-order valence-corrected chi connectivity index (χ0v) is 12.0. The first kappa shape index (κ1) is 17.4. The number of nitrogens with zero attached hydrogens (tertiary/aromatic N) is 1. The van der Waals surface area contributed by atoms with Crippen LogP contribution in [-0.2, 0) is 21.9 Å². The first-order valence-corrected chi connectivity index (χ1v) is 6.68. The second-order valence-corrected chi connectivity index (χ2v) is 5.23. The molecule has 1 aliphatic rings. The molecule has 1 fully saturated rings. The fraction of sp³-hybridized carbons (Fsp3) is 0.500. The van der Waals surface area contributed by atoms with Gasteiger partial charge in [-0.1, -0.05) is 0 Å². The molecule has 1 atom stereocenters. The highest BCUT2D eigenvalue weighted by Crippen LogP contribution is 2.39. The van der Waals surface area contributed by atoms with Gasteiger partial charge in [0, 0.05) is 25.6 Å². The van der Waals surface area contributed by atoms with E-state index in [1.165, 1.54) is 11.8 Å². The predicted molar refractivity (Wildman–Crippen MR) is 68.8 cm³/mol. The van der Waals surface area contributed by atoms with Crippen LogP contribution in [0.3, 0.4) is 0 Å². The molecule has 0 N–H and O–H groups in total. The molecule has 0 unspecified atom stereocenters. The van der Waals surface area contributed by atoms with Crippen molar-refractivity contribution in [3.63, 3.8) is 0 Å². The molecule has 0 amide bonds. The fourth-order valence-corrected chi connectivity index (χ4v) is 2.41. The summed E-state index contributed by atoms with van der Waals surface area (Å²) >= 11 is 0. The second kappa shape index (κ2) is 5.93. The van der Waals surface area contributed by atoms with Crippen LogP contribution in [0, 0.1) is 0 Å². The Kier molecular flexibility index (Phi) is 4.50. The topological polar surface area (TPSA) is 29.5 Å². The third-order valence-electron chi connectivity index (χ3n) is 3.42. The number of benzene rings is 1. The number of hydrogen-bond donors (Lipinski definition) is 0. The molecule has 0 spiro atoms. The highest BCUT2D eigenvalue weighted by Gasteiger charge is 2.38. The predicted octanol–water partition coefficient (Wildman–Crippen LogP) is 3.87. The maximum atomic E-state index is 12.8. The molecular formula is C14H13F6NO2. The van der Waals surface area contributed by atoms with Gasteiger partial charge in [-0.25, -0.2) is 0 Å². The van der Waals surface area contributed by atoms with Crippen molar-refractivity contribution in [2.75, 3.05) is 18.0 Å². The average Bonchev–Trinajstić information content (AvgIpc) is 2.83. The monoisotopic (exact) mass is 341 g/mol. The van der Waals surface area contributed by atoms with E-state index in [0.29, 0.717) is 18.6 Å². The van der Waals surface area contributed by atoms with Crippen molar-refractivity contribution in [2.24, 2.45) is 0 Å². The van der Waals surface area contributed by atoms with Crippen LogP contribution in [-0.4, -0.2) is 25.2 Å². The van der Waals surface area contributed by atoms with Gasteiger partial charge in [-0.05, 0) is 18.2 Å². The van der Waals surface area contributed by atoms with E-state index in [1.807, 2.05) is 0 Å². The maximum absolute atomic E-state index is 12.8. The maximum Gasteiger partial charge on any atom is 0.416 e. The lowest BCUT2D eigenvalue weighted by atomic mass is 10.1. The normalized spacial score (nSPS) is 19.1. The number of carbonyl (C=O) groups is 1. The van der Waals surface area contributed by atoms with Gasteiger partial charge in [0.15, 0.2) is 0 Å². The number of esters is 1. The quantitative estimate of drug-likeness (QED) is 0.604. The molecular weight excluding hydrogens is 328 g/mol. The summed E-state index contributed by atoms with van der Waals surface area (Å²) < 4.78 is 81.8. The van der Waals surface area contributed by atoms with E-state index < -0.39 is 35.6 Å². The van der Waals surface area contributed by atoms with Crippen LogP contribution in [0.15, 0.2) is 18.2 Å². The van der Waals surface area contributed by atoms with Crippen molar-refractivity contribution < 1.29 is 35.9 Å². The first-order valence-electron chi connectivity index (χ1n) is 6.68. The molecule has 0 bridgehead atoms. The lowest BCUT2D eigenvalue weighted by Crippen LogP contribution is -2.25. The minimum atomic E-state index is -4.88.